The Morgan fingerprint density at radius 3 is 2.53 bits per heavy atom. The number of benzene rings is 1. The van der Waals surface area contributed by atoms with E-state index in [1.807, 2.05) is 13.0 Å². The van der Waals surface area contributed by atoms with Gasteiger partial charge in [-0.25, -0.2) is 0 Å². The van der Waals surface area contributed by atoms with Gasteiger partial charge in [-0.1, -0.05) is 30.3 Å². The maximum absolute atomic E-state index is 9.14. The maximum atomic E-state index is 9.14. The molecule has 0 aliphatic rings. The van der Waals surface area contributed by atoms with E-state index in [0.29, 0.717) is 0 Å². The van der Waals surface area contributed by atoms with Gasteiger partial charge in [0.2, 0.25) is 0 Å². The van der Waals surface area contributed by atoms with Gasteiger partial charge in [-0.15, -0.1) is 0 Å². The van der Waals surface area contributed by atoms with E-state index in [-0.39, 0.29) is 6.10 Å². The monoisotopic (exact) mass is 207 g/mol. The van der Waals surface area contributed by atoms with Crippen molar-refractivity contribution in [2.24, 2.45) is 0 Å². The average Bonchev–Trinajstić information content (AvgIpc) is 2.18. The molecule has 1 N–H and O–H groups in total. The number of aliphatic hydroxyl groups excluding tert-OH is 1. The van der Waals surface area contributed by atoms with E-state index in [0.717, 1.165) is 25.9 Å². The Bertz CT molecular complexity index is 258. The summed E-state index contributed by atoms with van der Waals surface area (Å²) < 4.78 is 0. The molecule has 1 aromatic rings. The van der Waals surface area contributed by atoms with Gasteiger partial charge in [0, 0.05) is 6.54 Å². The van der Waals surface area contributed by atoms with Crippen LogP contribution in [0.2, 0.25) is 0 Å². The molecule has 84 valence electrons. The van der Waals surface area contributed by atoms with Crippen LogP contribution in [0.25, 0.3) is 0 Å². The van der Waals surface area contributed by atoms with E-state index < -0.39 is 0 Å². The van der Waals surface area contributed by atoms with E-state index in [1.165, 1.54) is 5.56 Å². The van der Waals surface area contributed by atoms with E-state index in [1.54, 1.807) is 0 Å². The van der Waals surface area contributed by atoms with Crippen molar-refractivity contribution in [3.05, 3.63) is 35.9 Å². The van der Waals surface area contributed by atoms with Crippen LogP contribution in [0, 0.1) is 0 Å². The zero-order chi connectivity index (χ0) is 11.1. The summed E-state index contributed by atoms with van der Waals surface area (Å²) in [6.45, 7) is 3.87. The van der Waals surface area contributed by atoms with Gasteiger partial charge in [0.15, 0.2) is 0 Å². The van der Waals surface area contributed by atoms with Crippen molar-refractivity contribution in [2.75, 3.05) is 13.6 Å². The summed E-state index contributed by atoms with van der Waals surface area (Å²) in [5, 5.41) is 9.14. The van der Waals surface area contributed by atoms with Gasteiger partial charge < -0.3 is 10.0 Å². The molecule has 0 aromatic heterocycles. The fourth-order valence-corrected chi connectivity index (χ4v) is 1.63. The first-order chi connectivity index (χ1) is 7.18. The molecule has 0 fully saturated rings. The minimum Gasteiger partial charge on any atom is -0.393 e. The number of aliphatic hydroxyl groups is 1. The van der Waals surface area contributed by atoms with Gasteiger partial charge in [0.1, 0.15) is 0 Å². The van der Waals surface area contributed by atoms with Crippen molar-refractivity contribution in [1.29, 1.82) is 0 Å². The Hall–Kier alpha value is -0.860. The number of hydrogen-bond donors (Lipinski definition) is 1. The Kier molecular flexibility index (Phi) is 5.37. The minimum atomic E-state index is -0.171. The van der Waals surface area contributed by atoms with E-state index >= 15 is 0 Å². The van der Waals surface area contributed by atoms with Crippen molar-refractivity contribution in [1.82, 2.24) is 4.90 Å². The van der Waals surface area contributed by atoms with Crippen LogP contribution in [0.15, 0.2) is 30.3 Å². The number of hydrogen-bond acceptors (Lipinski definition) is 2. The molecule has 0 heterocycles. The first-order valence-electron chi connectivity index (χ1n) is 5.59. The van der Waals surface area contributed by atoms with Crippen LogP contribution in [0.1, 0.15) is 25.3 Å². The molecule has 2 nitrogen and oxygen atoms in total. The van der Waals surface area contributed by atoms with Gasteiger partial charge in [0.05, 0.1) is 6.10 Å². The van der Waals surface area contributed by atoms with Gasteiger partial charge in [-0.3, -0.25) is 0 Å². The third-order valence-corrected chi connectivity index (χ3v) is 2.46. The lowest BCUT2D eigenvalue weighted by Gasteiger charge is -2.16. The van der Waals surface area contributed by atoms with Crippen LogP contribution in [0.5, 0.6) is 0 Å². The topological polar surface area (TPSA) is 23.5 Å². The molecule has 1 aromatic carbocycles. The molecule has 1 rings (SSSR count). The van der Waals surface area contributed by atoms with E-state index in [9.17, 15) is 0 Å². The van der Waals surface area contributed by atoms with Gasteiger partial charge >= 0.3 is 0 Å². The van der Waals surface area contributed by atoms with E-state index in [2.05, 4.69) is 36.2 Å². The lowest BCUT2D eigenvalue weighted by atomic mass is 10.2. The lowest BCUT2D eigenvalue weighted by molar-refractivity contribution is 0.174. The standard InChI is InChI=1S/C13H21NO/c1-12(15)7-6-10-14(2)11-13-8-4-3-5-9-13/h3-5,8-9,12,15H,6-7,10-11H2,1-2H3. The summed E-state index contributed by atoms with van der Waals surface area (Å²) in [5.41, 5.74) is 1.34. The Labute approximate surface area is 92.5 Å². The van der Waals surface area contributed by atoms with Crippen LogP contribution in [-0.4, -0.2) is 29.7 Å². The highest BCUT2D eigenvalue weighted by atomic mass is 16.3. The lowest BCUT2D eigenvalue weighted by Crippen LogP contribution is -2.20. The molecule has 0 spiro atoms. The SMILES string of the molecule is CC(O)CCCN(C)Cc1ccccc1. The molecule has 0 saturated carbocycles. The maximum Gasteiger partial charge on any atom is 0.0512 e. The van der Waals surface area contributed by atoms with Crippen molar-refractivity contribution >= 4 is 0 Å². The van der Waals surface area contributed by atoms with Gasteiger partial charge in [-0.2, -0.15) is 0 Å². The Morgan fingerprint density at radius 1 is 1.27 bits per heavy atom. The normalized spacial score (nSPS) is 13.1. The Morgan fingerprint density at radius 2 is 1.93 bits per heavy atom. The zero-order valence-electron chi connectivity index (χ0n) is 9.69. The molecular weight excluding hydrogens is 186 g/mol. The molecule has 0 saturated heterocycles. The minimum absolute atomic E-state index is 0.171. The second kappa shape index (κ2) is 6.59. The quantitative estimate of drug-likeness (QED) is 0.773. The highest BCUT2D eigenvalue weighted by molar-refractivity contribution is 5.14. The molecular formula is C13H21NO. The van der Waals surface area contributed by atoms with Gasteiger partial charge in [-0.05, 0) is 38.9 Å². The second-order valence-corrected chi connectivity index (χ2v) is 4.21. The summed E-state index contributed by atoms with van der Waals surface area (Å²) in [4.78, 5) is 2.29. The molecule has 15 heavy (non-hydrogen) atoms. The summed E-state index contributed by atoms with van der Waals surface area (Å²) in [7, 11) is 2.12. The first-order valence-corrected chi connectivity index (χ1v) is 5.59. The third-order valence-electron chi connectivity index (χ3n) is 2.46. The van der Waals surface area contributed by atoms with Gasteiger partial charge in [0.25, 0.3) is 0 Å². The van der Waals surface area contributed by atoms with Crippen LogP contribution < -0.4 is 0 Å². The predicted octanol–water partition coefficient (Wildman–Crippen LogP) is 2.28. The molecule has 0 aliphatic heterocycles. The van der Waals surface area contributed by atoms with E-state index in [4.69, 9.17) is 5.11 Å². The van der Waals surface area contributed by atoms with Crippen LogP contribution in [0.4, 0.5) is 0 Å². The summed E-state index contributed by atoms with van der Waals surface area (Å²) in [6, 6.07) is 10.5. The fraction of sp³-hybridized carbons (Fsp3) is 0.538. The molecule has 0 bridgehead atoms. The average molecular weight is 207 g/mol. The molecule has 2 heteroatoms. The second-order valence-electron chi connectivity index (χ2n) is 4.21. The number of nitrogens with zero attached hydrogens (tertiary/aromatic N) is 1. The largest absolute Gasteiger partial charge is 0.393 e. The summed E-state index contributed by atoms with van der Waals surface area (Å²) in [5.74, 6) is 0. The van der Waals surface area contributed by atoms with Crippen molar-refractivity contribution in [3.63, 3.8) is 0 Å². The first kappa shape index (κ1) is 12.2. The molecule has 0 amide bonds. The predicted molar refractivity (Wildman–Crippen MR) is 63.7 cm³/mol. The molecule has 1 unspecified atom stereocenters. The number of rotatable bonds is 6. The highest BCUT2D eigenvalue weighted by Crippen LogP contribution is 2.04. The Balaban J connectivity index is 2.21. The van der Waals surface area contributed by atoms with Crippen LogP contribution in [0.3, 0.4) is 0 Å². The van der Waals surface area contributed by atoms with Crippen molar-refractivity contribution < 1.29 is 5.11 Å². The fourth-order valence-electron chi connectivity index (χ4n) is 1.63. The molecule has 0 aliphatic carbocycles. The molecule has 0 radical (unpaired) electrons. The van der Waals surface area contributed by atoms with Crippen molar-refractivity contribution in [3.8, 4) is 0 Å². The van der Waals surface area contributed by atoms with Crippen LogP contribution in [-0.2, 0) is 6.54 Å². The highest BCUT2D eigenvalue weighted by Gasteiger charge is 2.01. The third kappa shape index (κ3) is 5.55. The smallest absolute Gasteiger partial charge is 0.0512 e. The zero-order valence-corrected chi connectivity index (χ0v) is 9.69. The molecule has 1 atom stereocenters. The van der Waals surface area contributed by atoms with Crippen LogP contribution >= 0.6 is 0 Å². The van der Waals surface area contributed by atoms with Crippen molar-refractivity contribution in [2.45, 2.75) is 32.4 Å². The summed E-state index contributed by atoms with van der Waals surface area (Å²) >= 11 is 0. The summed E-state index contributed by atoms with van der Waals surface area (Å²) in [6.07, 6.45) is 1.77.